The predicted octanol–water partition coefficient (Wildman–Crippen LogP) is 2.52. The molecule has 3 nitrogen and oxygen atoms in total. The van der Waals surface area contributed by atoms with Crippen LogP contribution in [0.4, 0.5) is 0 Å². The maximum Gasteiger partial charge on any atom is 0.137 e. The van der Waals surface area contributed by atoms with Gasteiger partial charge in [-0.25, -0.2) is 4.98 Å². The molecule has 0 aliphatic carbocycles. The zero-order chi connectivity index (χ0) is 11.0. The van der Waals surface area contributed by atoms with E-state index in [4.69, 9.17) is 5.73 Å². The average molecular weight is 229 g/mol. The fraction of sp³-hybridized carbons (Fsp3) is 0.0833. The Kier molecular flexibility index (Phi) is 2.23. The van der Waals surface area contributed by atoms with E-state index in [1.54, 1.807) is 11.3 Å². The van der Waals surface area contributed by atoms with Crippen molar-refractivity contribution in [3.05, 3.63) is 47.6 Å². The fourth-order valence-corrected chi connectivity index (χ4v) is 2.46. The van der Waals surface area contributed by atoms with Crippen molar-refractivity contribution < 1.29 is 0 Å². The second-order valence-corrected chi connectivity index (χ2v) is 4.50. The molecule has 0 fully saturated rings. The summed E-state index contributed by atoms with van der Waals surface area (Å²) in [6.45, 7) is 0.525. The molecule has 80 valence electrons. The Morgan fingerprint density at radius 3 is 2.94 bits per heavy atom. The van der Waals surface area contributed by atoms with Crippen molar-refractivity contribution in [2.45, 2.75) is 6.54 Å². The van der Waals surface area contributed by atoms with Gasteiger partial charge < -0.3 is 10.1 Å². The molecule has 0 radical (unpaired) electrons. The molecule has 0 aromatic carbocycles. The summed E-state index contributed by atoms with van der Waals surface area (Å²) in [5.74, 6) is 0. The molecule has 0 atom stereocenters. The number of nitrogens with zero attached hydrogens (tertiary/aromatic N) is 2. The molecule has 3 aromatic rings. The van der Waals surface area contributed by atoms with Crippen LogP contribution < -0.4 is 5.73 Å². The lowest BCUT2D eigenvalue weighted by Crippen LogP contribution is -2.02. The topological polar surface area (TPSA) is 43.3 Å². The van der Waals surface area contributed by atoms with Crippen LogP contribution in [-0.2, 0) is 6.54 Å². The van der Waals surface area contributed by atoms with E-state index < -0.39 is 0 Å². The molecule has 0 bridgehead atoms. The molecule has 2 N–H and O–H groups in total. The van der Waals surface area contributed by atoms with E-state index in [2.05, 4.69) is 20.8 Å². The highest BCUT2D eigenvalue weighted by Gasteiger charge is 2.06. The third-order valence-electron chi connectivity index (χ3n) is 2.56. The van der Waals surface area contributed by atoms with Crippen LogP contribution in [0.2, 0.25) is 0 Å². The number of imidazole rings is 1. The third kappa shape index (κ3) is 1.43. The monoisotopic (exact) mass is 229 g/mol. The summed E-state index contributed by atoms with van der Waals surface area (Å²) in [7, 11) is 0. The normalized spacial score (nSPS) is 11.1. The largest absolute Gasteiger partial charge is 0.325 e. The smallest absolute Gasteiger partial charge is 0.137 e. The Morgan fingerprint density at radius 2 is 2.19 bits per heavy atom. The molecule has 16 heavy (non-hydrogen) atoms. The highest BCUT2D eigenvalue weighted by atomic mass is 32.1. The number of hydrogen-bond acceptors (Lipinski definition) is 3. The van der Waals surface area contributed by atoms with E-state index in [0.717, 1.165) is 17.0 Å². The number of hydrogen-bond donors (Lipinski definition) is 1. The van der Waals surface area contributed by atoms with Crippen LogP contribution in [0.3, 0.4) is 0 Å². The first-order chi connectivity index (χ1) is 7.88. The summed E-state index contributed by atoms with van der Waals surface area (Å²) < 4.78 is 2.05. The molecule has 3 heterocycles. The van der Waals surface area contributed by atoms with Crippen LogP contribution in [0.5, 0.6) is 0 Å². The van der Waals surface area contributed by atoms with Crippen LogP contribution in [0.15, 0.2) is 41.9 Å². The maximum absolute atomic E-state index is 5.70. The van der Waals surface area contributed by atoms with Crippen molar-refractivity contribution in [1.29, 1.82) is 0 Å². The Balaban J connectivity index is 2.23. The number of pyridine rings is 1. The van der Waals surface area contributed by atoms with E-state index in [1.165, 1.54) is 4.88 Å². The fourth-order valence-electron chi connectivity index (χ4n) is 1.78. The summed E-state index contributed by atoms with van der Waals surface area (Å²) in [6.07, 6.45) is 2.04. The predicted molar refractivity (Wildman–Crippen MR) is 66.4 cm³/mol. The SMILES string of the molecule is NCc1cccc2nc(-c3cccs3)cn12. The minimum atomic E-state index is 0.525. The van der Waals surface area contributed by atoms with Gasteiger partial charge in [0.25, 0.3) is 0 Å². The van der Waals surface area contributed by atoms with Gasteiger partial charge in [-0.3, -0.25) is 0 Å². The highest BCUT2D eigenvalue weighted by molar-refractivity contribution is 7.13. The van der Waals surface area contributed by atoms with Gasteiger partial charge >= 0.3 is 0 Å². The van der Waals surface area contributed by atoms with Gasteiger partial charge in [0.05, 0.1) is 10.6 Å². The highest BCUT2D eigenvalue weighted by Crippen LogP contribution is 2.24. The molecular formula is C12H11N3S. The van der Waals surface area contributed by atoms with Gasteiger partial charge in [0.2, 0.25) is 0 Å². The number of rotatable bonds is 2. The summed E-state index contributed by atoms with van der Waals surface area (Å²) >= 11 is 1.70. The lowest BCUT2D eigenvalue weighted by Gasteiger charge is -1.99. The lowest BCUT2D eigenvalue weighted by molar-refractivity contribution is 0.946. The molecular weight excluding hydrogens is 218 g/mol. The summed E-state index contributed by atoms with van der Waals surface area (Å²) in [6, 6.07) is 10.1. The third-order valence-corrected chi connectivity index (χ3v) is 3.45. The van der Waals surface area contributed by atoms with Crippen molar-refractivity contribution >= 4 is 17.0 Å². The molecule has 3 aromatic heterocycles. The van der Waals surface area contributed by atoms with Gasteiger partial charge in [-0.05, 0) is 23.6 Å². The molecule has 0 aliphatic heterocycles. The van der Waals surface area contributed by atoms with E-state index in [-0.39, 0.29) is 0 Å². The van der Waals surface area contributed by atoms with Gasteiger partial charge in [-0.15, -0.1) is 11.3 Å². The van der Waals surface area contributed by atoms with Gasteiger partial charge in [-0.2, -0.15) is 0 Å². The number of aromatic nitrogens is 2. The standard InChI is InChI=1S/C12H11N3S/c13-7-9-3-1-5-12-14-10(8-15(9)12)11-4-2-6-16-11/h1-6,8H,7,13H2. The maximum atomic E-state index is 5.70. The molecule has 0 saturated heterocycles. The van der Waals surface area contributed by atoms with E-state index in [0.29, 0.717) is 6.54 Å². The van der Waals surface area contributed by atoms with E-state index in [1.807, 2.05) is 30.5 Å². The van der Waals surface area contributed by atoms with Crippen molar-refractivity contribution in [3.8, 4) is 10.6 Å². The Morgan fingerprint density at radius 1 is 1.25 bits per heavy atom. The van der Waals surface area contributed by atoms with Crippen molar-refractivity contribution in [2.24, 2.45) is 5.73 Å². The number of thiophene rings is 1. The first-order valence-corrected chi connectivity index (χ1v) is 5.97. The Hall–Kier alpha value is -1.65. The number of nitrogens with two attached hydrogens (primary N) is 1. The Bertz CT molecular complexity index is 610. The van der Waals surface area contributed by atoms with Gasteiger partial charge in [0.15, 0.2) is 0 Å². The van der Waals surface area contributed by atoms with Crippen LogP contribution >= 0.6 is 11.3 Å². The minimum absolute atomic E-state index is 0.525. The molecule has 0 saturated carbocycles. The van der Waals surface area contributed by atoms with Crippen molar-refractivity contribution in [2.75, 3.05) is 0 Å². The van der Waals surface area contributed by atoms with E-state index >= 15 is 0 Å². The van der Waals surface area contributed by atoms with Crippen LogP contribution in [0, 0.1) is 0 Å². The second-order valence-electron chi connectivity index (χ2n) is 3.55. The summed E-state index contributed by atoms with van der Waals surface area (Å²) in [5.41, 5.74) is 8.73. The lowest BCUT2D eigenvalue weighted by atomic mass is 10.3. The van der Waals surface area contributed by atoms with E-state index in [9.17, 15) is 0 Å². The second kappa shape index (κ2) is 3.73. The van der Waals surface area contributed by atoms with Gasteiger partial charge in [0.1, 0.15) is 5.65 Å². The quantitative estimate of drug-likeness (QED) is 0.733. The van der Waals surface area contributed by atoms with Gasteiger partial charge in [-0.1, -0.05) is 12.1 Å². The van der Waals surface area contributed by atoms with Crippen molar-refractivity contribution in [1.82, 2.24) is 9.38 Å². The zero-order valence-corrected chi connectivity index (χ0v) is 9.45. The van der Waals surface area contributed by atoms with Gasteiger partial charge in [0, 0.05) is 18.4 Å². The number of fused-ring (bicyclic) bond motifs is 1. The summed E-state index contributed by atoms with van der Waals surface area (Å²) in [4.78, 5) is 5.77. The molecule has 0 amide bonds. The molecule has 0 aliphatic rings. The summed E-state index contributed by atoms with van der Waals surface area (Å²) in [5, 5.41) is 2.06. The van der Waals surface area contributed by atoms with Crippen LogP contribution in [-0.4, -0.2) is 9.38 Å². The molecule has 0 unspecified atom stereocenters. The van der Waals surface area contributed by atoms with Crippen LogP contribution in [0.1, 0.15) is 5.69 Å². The molecule has 0 spiro atoms. The first kappa shape index (κ1) is 9.57. The van der Waals surface area contributed by atoms with Crippen molar-refractivity contribution in [3.63, 3.8) is 0 Å². The zero-order valence-electron chi connectivity index (χ0n) is 8.63. The Labute approximate surface area is 97.2 Å². The molecule has 4 heteroatoms. The average Bonchev–Trinajstić information content (AvgIpc) is 2.96. The first-order valence-electron chi connectivity index (χ1n) is 5.09. The van der Waals surface area contributed by atoms with Crippen LogP contribution in [0.25, 0.3) is 16.2 Å². The molecule has 3 rings (SSSR count). The minimum Gasteiger partial charge on any atom is -0.325 e.